The van der Waals surface area contributed by atoms with Crippen molar-refractivity contribution in [3.05, 3.63) is 11.6 Å². The maximum atomic E-state index is 12.7. The molecule has 0 aromatic heterocycles. The number of hydrogen-bond donors (Lipinski definition) is 0. The molecule has 0 aromatic carbocycles. The highest BCUT2D eigenvalue weighted by Crippen LogP contribution is 2.77. The topological polar surface area (TPSA) is 78.9 Å². The quantitative estimate of drug-likeness (QED) is 0.192. The summed E-state index contributed by atoms with van der Waals surface area (Å²) in [5, 5.41) is 0. The van der Waals surface area contributed by atoms with Gasteiger partial charge in [0.1, 0.15) is 18.3 Å². The van der Waals surface area contributed by atoms with Crippen molar-refractivity contribution in [3.8, 4) is 0 Å². The summed E-state index contributed by atoms with van der Waals surface area (Å²) in [5.74, 6) is 1.24. The van der Waals surface area contributed by atoms with Crippen LogP contribution in [0.4, 0.5) is 0 Å². The van der Waals surface area contributed by atoms with Crippen molar-refractivity contribution in [2.45, 2.75) is 139 Å². The van der Waals surface area contributed by atoms with E-state index in [0.29, 0.717) is 23.7 Å². The van der Waals surface area contributed by atoms with Crippen LogP contribution in [0.15, 0.2) is 11.6 Å². The first-order valence-corrected chi connectivity index (χ1v) is 16.5. The Morgan fingerprint density at radius 2 is 1.33 bits per heavy atom. The van der Waals surface area contributed by atoms with Gasteiger partial charge in [0.2, 0.25) is 0 Å². The molecule has 5 aliphatic rings. The maximum absolute atomic E-state index is 12.7. The van der Waals surface area contributed by atoms with E-state index in [1.54, 1.807) is 0 Å². The number of allylic oxidation sites excluding steroid dienone is 1. The van der Waals surface area contributed by atoms with E-state index in [1.165, 1.54) is 32.8 Å². The molecular formula is C36H56O6. The smallest absolute Gasteiger partial charge is 0.303 e. The van der Waals surface area contributed by atoms with Gasteiger partial charge in [0.25, 0.3) is 0 Å². The lowest BCUT2D eigenvalue weighted by atomic mass is 9.31. The molecule has 12 unspecified atom stereocenters. The molecule has 42 heavy (non-hydrogen) atoms. The first kappa shape index (κ1) is 31.6. The lowest BCUT2D eigenvalue weighted by Gasteiger charge is -2.74. The van der Waals surface area contributed by atoms with Gasteiger partial charge in [-0.15, -0.1) is 0 Å². The SMILES string of the molecule is CC(=O)OC1CCC2(C)C(CCC3(C)C2CCC2C4C(C)C(C)=CC(OC(C)=O)C4(C)C(OC(C)=O)CC23C)C1(C)C. The number of carbonyl (C=O) groups excluding carboxylic acids is 3. The number of fused-ring (bicyclic) bond motifs is 7. The van der Waals surface area contributed by atoms with Crippen LogP contribution in [0.2, 0.25) is 0 Å². The molecule has 0 bridgehead atoms. The summed E-state index contributed by atoms with van der Waals surface area (Å²) < 4.78 is 18.3. The Bertz CT molecular complexity index is 1170. The molecule has 6 nitrogen and oxygen atoms in total. The summed E-state index contributed by atoms with van der Waals surface area (Å²) >= 11 is 0. The molecule has 4 fully saturated rings. The van der Waals surface area contributed by atoms with Crippen molar-refractivity contribution in [1.29, 1.82) is 0 Å². The highest BCUT2D eigenvalue weighted by molar-refractivity contribution is 5.67. The van der Waals surface area contributed by atoms with Gasteiger partial charge >= 0.3 is 17.9 Å². The van der Waals surface area contributed by atoms with Gasteiger partial charge in [0.15, 0.2) is 0 Å². The third-order valence-electron chi connectivity index (χ3n) is 14.5. The van der Waals surface area contributed by atoms with Crippen LogP contribution in [0.5, 0.6) is 0 Å². The van der Waals surface area contributed by atoms with Gasteiger partial charge in [-0.2, -0.15) is 0 Å². The number of carbonyl (C=O) groups is 3. The fourth-order valence-corrected chi connectivity index (χ4v) is 12.4. The van der Waals surface area contributed by atoms with Crippen molar-refractivity contribution >= 4 is 17.9 Å². The second-order valence-electron chi connectivity index (χ2n) is 16.5. The zero-order chi connectivity index (χ0) is 31.2. The van der Waals surface area contributed by atoms with Gasteiger partial charge in [0, 0.05) is 31.6 Å². The normalized spacial score (nSPS) is 49.2. The molecule has 0 amide bonds. The summed E-state index contributed by atoms with van der Waals surface area (Å²) in [4.78, 5) is 37.0. The highest BCUT2D eigenvalue weighted by atomic mass is 16.6. The Kier molecular flexibility index (Phi) is 7.58. The van der Waals surface area contributed by atoms with E-state index in [1.807, 2.05) is 0 Å². The standard InChI is InChI=1S/C36H56O6/c1-20-18-29(41-23(4)38)36(11)30(42-24(5)39)19-35(10)25(31(36)21(20)2)12-13-27-33(8)16-15-28(40-22(3)37)32(6,7)26(33)14-17-34(27,35)9/h18,21,25-31H,12-17,19H2,1-11H3. The van der Waals surface area contributed by atoms with E-state index in [0.717, 1.165) is 38.5 Å². The first-order valence-electron chi connectivity index (χ1n) is 16.5. The average molecular weight is 585 g/mol. The van der Waals surface area contributed by atoms with E-state index in [9.17, 15) is 14.4 Å². The Morgan fingerprint density at radius 3 is 1.93 bits per heavy atom. The number of hydrogen-bond acceptors (Lipinski definition) is 6. The van der Waals surface area contributed by atoms with Crippen molar-refractivity contribution < 1.29 is 28.6 Å². The minimum Gasteiger partial charge on any atom is -0.462 e. The van der Waals surface area contributed by atoms with E-state index in [-0.39, 0.29) is 57.7 Å². The molecule has 12 atom stereocenters. The van der Waals surface area contributed by atoms with Crippen LogP contribution in [0.3, 0.4) is 0 Å². The summed E-state index contributed by atoms with van der Waals surface area (Å²) in [6.45, 7) is 23.5. The third-order valence-corrected chi connectivity index (χ3v) is 14.5. The molecule has 4 saturated carbocycles. The van der Waals surface area contributed by atoms with Crippen LogP contribution in [0, 0.1) is 56.7 Å². The highest BCUT2D eigenvalue weighted by Gasteiger charge is 2.73. The zero-order valence-electron chi connectivity index (χ0n) is 28.1. The second-order valence-corrected chi connectivity index (χ2v) is 16.5. The minimum atomic E-state index is -0.491. The molecule has 0 heterocycles. The summed E-state index contributed by atoms with van der Waals surface area (Å²) in [6, 6.07) is 0. The van der Waals surface area contributed by atoms with E-state index >= 15 is 0 Å². The van der Waals surface area contributed by atoms with Crippen LogP contribution in [-0.2, 0) is 28.6 Å². The van der Waals surface area contributed by atoms with Crippen molar-refractivity contribution in [3.63, 3.8) is 0 Å². The zero-order valence-corrected chi connectivity index (χ0v) is 28.1. The fourth-order valence-electron chi connectivity index (χ4n) is 12.4. The average Bonchev–Trinajstić information content (AvgIpc) is 2.85. The lowest BCUT2D eigenvalue weighted by Crippen LogP contribution is -2.71. The molecule has 6 heteroatoms. The largest absolute Gasteiger partial charge is 0.462 e. The molecule has 5 aliphatic carbocycles. The van der Waals surface area contributed by atoms with Crippen LogP contribution < -0.4 is 0 Å². The van der Waals surface area contributed by atoms with Crippen LogP contribution in [0.25, 0.3) is 0 Å². The van der Waals surface area contributed by atoms with Gasteiger partial charge < -0.3 is 14.2 Å². The Balaban J connectivity index is 1.59. The van der Waals surface area contributed by atoms with Gasteiger partial charge in [-0.3, -0.25) is 14.4 Å². The predicted octanol–water partition coefficient (Wildman–Crippen LogP) is 7.68. The Labute approximate surface area is 254 Å². The first-order chi connectivity index (χ1) is 19.3. The third kappa shape index (κ3) is 4.26. The molecule has 236 valence electrons. The molecule has 0 N–H and O–H groups in total. The van der Waals surface area contributed by atoms with E-state index < -0.39 is 11.5 Å². The molecule has 0 saturated heterocycles. The number of rotatable bonds is 3. The fraction of sp³-hybridized carbons (Fsp3) is 0.861. The van der Waals surface area contributed by atoms with Gasteiger partial charge in [-0.05, 0) is 104 Å². The number of esters is 3. The van der Waals surface area contributed by atoms with Crippen molar-refractivity contribution in [2.75, 3.05) is 0 Å². The van der Waals surface area contributed by atoms with Gasteiger partial charge in [-0.1, -0.05) is 54.0 Å². The minimum absolute atomic E-state index is 0.0378. The summed E-state index contributed by atoms with van der Waals surface area (Å²) in [5.41, 5.74) is 0.861. The van der Waals surface area contributed by atoms with Gasteiger partial charge in [0.05, 0.1) is 0 Å². The maximum Gasteiger partial charge on any atom is 0.303 e. The molecule has 0 aliphatic heterocycles. The summed E-state index contributed by atoms with van der Waals surface area (Å²) in [7, 11) is 0. The molecular weight excluding hydrogens is 528 g/mol. The molecule has 0 radical (unpaired) electrons. The lowest BCUT2D eigenvalue weighted by molar-refractivity contribution is -0.280. The van der Waals surface area contributed by atoms with Gasteiger partial charge in [-0.25, -0.2) is 0 Å². The van der Waals surface area contributed by atoms with Crippen molar-refractivity contribution in [1.82, 2.24) is 0 Å². The van der Waals surface area contributed by atoms with Crippen LogP contribution in [-0.4, -0.2) is 36.2 Å². The Hall–Kier alpha value is -1.85. The predicted molar refractivity (Wildman–Crippen MR) is 162 cm³/mol. The van der Waals surface area contributed by atoms with Crippen LogP contribution >= 0.6 is 0 Å². The van der Waals surface area contributed by atoms with E-state index in [2.05, 4.69) is 61.5 Å². The summed E-state index contributed by atoms with van der Waals surface area (Å²) in [6.07, 6.45) is 8.64. The second kappa shape index (κ2) is 10.1. The van der Waals surface area contributed by atoms with Crippen LogP contribution in [0.1, 0.15) is 121 Å². The number of ether oxygens (including phenoxy) is 3. The molecule has 5 rings (SSSR count). The Morgan fingerprint density at radius 1 is 0.738 bits per heavy atom. The monoisotopic (exact) mass is 584 g/mol. The molecule has 0 spiro atoms. The van der Waals surface area contributed by atoms with E-state index in [4.69, 9.17) is 14.2 Å². The molecule has 0 aromatic rings. The van der Waals surface area contributed by atoms with Crippen molar-refractivity contribution in [2.24, 2.45) is 56.7 Å².